The number of hydrogen-bond acceptors (Lipinski definition) is 4. The molecule has 3 nitrogen and oxygen atoms in total. The van der Waals surface area contributed by atoms with Gasteiger partial charge in [0.25, 0.3) is 0 Å². The molecule has 1 aromatic rings. The zero-order valence-corrected chi connectivity index (χ0v) is 13.7. The maximum Gasteiger partial charge on any atom is 0.350 e. The molecule has 0 atom stereocenters. The molecule has 0 spiro atoms. The van der Waals surface area contributed by atoms with Crippen molar-refractivity contribution < 1.29 is 9.53 Å². The normalized spacial score (nSPS) is 17.6. The van der Waals surface area contributed by atoms with Crippen LogP contribution < -0.4 is 5.73 Å². The number of carbonyl (C=O) groups excluding carboxylic acids is 1. The second-order valence-electron chi connectivity index (χ2n) is 6.38. The van der Waals surface area contributed by atoms with Gasteiger partial charge in [0.1, 0.15) is 4.88 Å². The Hall–Kier alpha value is -1.03. The lowest BCUT2D eigenvalue weighted by Gasteiger charge is -2.31. The Morgan fingerprint density at radius 1 is 1.40 bits per heavy atom. The molecule has 0 bridgehead atoms. The summed E-state index contributed by atoms with van der Waals surface area (Å²) in [5, 5.41) is 0. The molecule has 0 saturated heterocycles. The Balaban J connectivity index is 2.47. The fourth-order valence-corrected chi connectivity index (χ4v) is 5.03. The molecule has 1 aliphatic rings. The summed E-state index contributed by atoms with van der Waals surface area (Å²) in [5.41, 5.74) is 8.09. The van der Waals surface area contributed by atoms with Crippen LogP contribution in [0.25, 0.3) is 0 Å². The van der Waals surface area contributed by atoms with Crippen LogP contribution >= 0.6 is 11.3 Å². The zero-order chi connectivity index (χ0) is 14.9. The van der Waals surface area contributed by atoms with E-state index in [4.69, 9.17) is 10.5 Å². The molecule has 112 valence electrons. The quantitative estimate of drug-likeness (QED) is 0.843. The molecule has 1 aromatic heterocycles. The van der Waals surface area contributed by atoms with Gasteiger partial charge in [-0.25, -0.2) is 4.79 Å². The third kappa shape index (κ3) is 2.58. The maximum atomic E-state index is 11.8. The lowest BCUT2D eigenvalue weighted by molar-refractivity contribution is 0.0607. The highest BCUT2D eigenvalue weighted by molar-refractivity contribution is 7.15. The molecule has 0 unspecified atom stereocenters. The molecule has 0 aromatic carbocycles. The van der Waals surface area contributed by atoms with Crippen LogP contribution in [0.5, 0.6) is 0 Å². The third-order valence-corrected chi connectivity index (χ3v) is 5.94. The largest absolute Gasteiger partial charge is 0.465 e. The van der Waals surface area contributed by atoms with Gasteiger partial charge in [-0.05, 0) is 37.7 Å². The summed E-state index contributed by atoms with van der Waals surface area (Å²) in [5.74, 6) is 0.344. The van der Waals surface area contributed by atoms with E-state index < -0.39 is 0 Å². The van der Waals surface area contributed by atoms with Crippen molar-refractivity contribution in [3.05, 3.63) is 15.3 Å². The predicted molar refractivity (Wildman–Crippen MR) is 84.4 cm³/mol. The highest BCUT2D eigenvalue weighted by Gasteiger charge is 2.40. The number of thiophene rings is 1. The van der Waals surface area contributed by atoms with Crippen molar-refractivity contribution in [1.82, 2.24) is 0 Å². The summed E-state index contributed by atoms with van der Waals surface area (Å²) in [6, 6.07) is 0. The lowest BCUT2D eigenvalue weighted by atomic mass is 9.76. The van der Waals surface area contributed by atoms with E-state index in [1.54, 1.807) is 11.3 Å². The van der Waals surface area contributed by atoms with Crippen LogP contribution in [0.2, 0.25) is 0 Å². The van der Waals surface area contributed by atoms with Gasteiger partial charge in [-0.3, -0.25) is 0 Å². The van der Waals surface area contributed by atoms with Crippen LogP contribution in [0.3, 0.4) is 0 Å². The first kappa shape index (κ1) is 15.4. The number of nitrogen functional groups attached to an aromatic ring is 1. The third-order valence-electron chi connectivity index (χ3n) is 4.41. The summed E-state index contributed by atoms with van der Waals surface area (Å²) in [7, 11) is 1.41. The fourth-order valence-electron chi connectivity index (χ4n) is 3.63. The van der Waals surface area contributed by atoms with Gasteiger partial charge in [0.2, 0.25) is 0 Å². The average molecular weight is 295 g/mol. The van der Waals surface area contributed by atoms with Gasteiger partial charge < -0.3 is 10.5 Å². The molecule has 1 saturated carbocycles. The number of methoxy groups -OCH3 is 1. The summed E-state index contributed by atoms with van der Waals surface area (Å²) < 4.78 is 4.85. The van der Waals surface area contributed by atoms with E-state index in [1.165, 1.54) is 44.1 Å². The van der Waals surface area contributed by atoms with Crippen molar-refractivity contribution in [2.75, 3.05) is 12.8 Å². The Kier molecular flexibility index (Phi) is 4.43. The first-order valence-corrected chi connectivity index (χ1v) is 8.20. The molecule has 1 heterocycles. The highest BCUT2D eigenvalue weighted by atomic mass is 32.1. The van der Waals surface area contributed by atoms with Crippen LogP contribution in [-0.4, -0.2) is 13.1 Å². The topological polar surface area (TPSA) is 52.3 Å². The van der Waals surface area contributed by atoms with Crippen LogP contribution in [0.15, 0.2) is 0 Å². The summed E-state index contributed by atoms with van der Waals surface area (Å²) in [4.78, 5) is 13.7. The Morgan fingerprint density at radius 3 is 2.50 bits per heavy atom. The number of anilines is 1. The maximum absolute atomic E-state index is 11.8. The Bertz CT molecular complexity index is 499. The van der Waals surface area contributed by atoms with Crippen molar-refractivity contribution in [3.63, 3.8) is 0 Å². The predicted octanol–water partition coefficient (Wildman–Crippen LogP) is 4.28. The molecule has 2 N–H and O–H groups in total. The van der Waals surface area contributed by atoms with Crippen LogP contribution in [0.1, 0.15) is 66.1 Å². The van der Waals surface area contributed by atoms with Crippen LogP contribution in [0, 0.1) is 12.8 Å². The summed E-state index contributed by atoms with van der Waals surface area (Å²) >= 11 is 1.56. The summed E-state index contributed by atoms with van der Waals surface area (Å²) in [6.45, 7) is 6.59. The monoisotopic (exact) mass is 295 g/mol. The minimum Gasteiger partial charge on any atom is -0.465 e. The molecule has 4 heteroatoms. The number of nitrogens with two attached hydrogens (primary N) is 1. The van der Waals surface area contributed by atoms with Crippen molar-refractivity contribution >= 4 is 23.0 Å². The van der Waals surface area contributed by atoms with E-state index in [0.717, 1.165) is 5.56 Å². The van der Waals surface area contributed by atoms with E-state index in [-0.39, 0.29) is 11.4 Å². The van der Waals surface area contributed by atoms with Crippen molar-refractivity contribution in [1.29, 1.82) is 0 Å². The minimum absolute atomic E-state index is 0.226. The molecule has 20 heavy (non-hydrogen) atoms. The lowest BCUT2D eigenvalue weighted by Crippen LogP contribution is -2.24. The number of carbonyl (C=O) groups is 1. The van der Waals surface area contributed by atoms with Gasteiger partial charge in [-0.1, -0.05) is 26.7 Å². The van der Waals surface area contributed by atoms with Crippen molar-refractivity contribution in [3.8, 4) is 0 Å². The fraction of sp³-hybridized carbons (Fsp3) is 0.688. The van der Waals surface area contributed by atoms with Crippen molar-refractivity contribution in [2.45, 2.75) is 58.3 Å². The number of esters is 1. The second-order valence-corrected chi connectivity index (χ2v) is 7.40. The van der Waals surface area contributed by atoms with E-state index in [2.05, 4.69) is 13.8 Å². The Morgan fingerprint density at radius 2 is 2.00 bits per heavy atom. The number of rotatable bonds is 4. The van der Waals surface area contributed by atoms with Gasteiger partial charge in [0.05, 0.1) is 12.8 Å². The Labute approximate surface area is 125 Å². The first-order valence-electron chi connectivity index (χ1n) is 7.39. The van der Waals surface area contributed by atoms with Crippen LogP contribution in [0.4, 0.5) is 5.69 Å². The number of ether oxygens (including phenoxy) is 1. The van der Waals surface area contributed by atoms with Gasteiger partial charge in [0.15, 0.2) is 0 Å². The standard InChI is InChI=1S/C16H25NO2S/c1-10(2)9-16(7-5-6-8-16)14-11(3)12(17)13(20-14)15(18)19-4/h10H,5-9,17H2,1-4H3. The highest BCUT2D eigenvalue weighted by Crippen LogP contribution is 2.51. The molecule has 1 aliphatic carbocycles. The van der Waals surface area contributed by atoms with E-state index in [1.807, 2.05) is 6.92 Å². The molecular weight excluding hydrogens is 270 g/mol. The number of hydrogen-bond donors (Lipinski definition) is 1. The molecule has 0 aliphatic heterocycles. The van der Waals surface area contributed by atoms with Gasteiger partial charge in [0, 0.05) is 10.3 Å². The van der Waals surface area contributed by atoms with Gasteiger partial charge in [-0.2, -0.15) is 0 Å². The van der Waals surface area contributed by atoms with Crippen molar-refractivity contribution in [2.24, 2.45) is 5.92 Å². The van der Waals surface area contributed by atoms with Gasteiger partial charge >= 0.3 is 5.97 Å². The SMILES string of the molecule is COC(=O)c1sc(C2(CC(C)C)CCCC2)c(C)c1N. The second kappa shape index (κ2) is 5.76. The molecular formula is C16H25NO2S. The van der Waals surface area contributed by atoms with E-state index in [9.17, 15) is 4.79 Å². The average Bonchev–Trinajstić information content (AvgIpc) is 2.96. The molecule has 1 fully saturated rings. The zero-order valence-electron chi connectivity index (χ0n) is 12.9. The van der Waals surface area contributed by atoms with E-state index >= 15 is 0 Å². The molecule has 2 rings (SSSR count). The first-order chi connectivity index (χ1) is 9.41. The summed E-state index contributed by atoms with van der Waals surface area (Å²) in [6.07, 6.45) is 6.16. The van der Waals surface area contributed by atoms with Gasteiger partial charge in [-0.15, -0.1) is 11.3 Å². The molecule has 0 radical (unpaired) electrons. The van der Waals surface area contributed by atoms with Crippen LogP contribution in [-0.2, 0) is 10.2 Å². The smallest absolute Gasteiger partial charge is 0.350 e. The minimum atomic E-state index is -0.306. The van der Waals surface area contributed by atoms with E-state index in [0.29, 0.717) is 16.5 Å². The molecule has 0 amide bonds.